The summed E-state index contributed by atoms with van der Waals surface area (Å²) in [6, 6.07) is 29.7. The third kappa shape index (κ3) is 6.08. The van der Waals surface area contributed by atoms with Gasteiger partial charge in [-0.15, -0.1) is 0 Å². The van der Waals surface area contributed by atoms with E-state index in [0.717, 1.165) is 16.7 Å². The van der Waals surface area contributed by atoms with E-state index in [1.54, 1.807) is 53.8 Å². The number of fused-ring (bicyclic) bond motifs is 1. The van der Waals surface area contributed by atoms with Crippen LogP contribution < -0.4 is 5.32 Å². The second kappa shape index (κ2) is 12.7. The molecule has 0 bridgehead atoms. The van der Waals surface area contributed by atoms with Gasteiger partial charge in [0.05, 0.1) is 16.3 Å². The maximum Gasteiger partial charge on any atom is 0.243 e. The van der Waals surface area contributed by atoms with E-state index in [2.05, 4.69) is 15.3 Å². The number of sulfonamides is 1. The fourth-order valence-electron chi connectivity index (χ4n) is 5.58. The van der Waals surface area contributed by atoms with Gasteiger partial charge < -0.3 is 10.2 Å². The summed E-state index contributed by atoms with van der Waals surface area (Å²) in [7, 11) is -4.11. The highest BCUT2D eigenvalue weighted by atomic mass is 32.2. The van der Waals surface area contributed by atoms with Gasteiger partial charge in [-0.1, -0.05) is 72.8 Å². The number of rotatable bonds is 8. The summed E-state index contributed by atoms with van der Waals surface area (Å²) < 4.78 is 29.4. The van der Waals surface area contributed by atoms with Crippen LogP contribution in [0.1, 0.15) is 22.6 Å². The number of hydrogen-bond acceptors (Lipinski definition) is 6. The van der Waals surface area contributed by atoms with Crippen LogP contribution >= 0.6 is 0 Å². The first-order valence-corrected chi connectivity index (χ1v) is 15.8. The van der Waals surface area contributed by atoms with E-state index in [9.17, 15) is 18.0 Å². The van der Waals surface area contributed by atoms with Crippen molar-refractivity contribution in [3.05, 3.63) is 138 Å². The lowest BCUT2D eigenvalue weighted by Gasteiger charge is -2.40. The quantitative estimate of drug-likeness (QED) is 0.286. The van der Waals surface area contributed by atoms with Gasteiger partial charge in [0.2, 0.25) is 21.8 Å². The first-order chi connectivity index (χ1) is 21.4. The number of aromatic nitrogens is 2. The van der Waals surface area contributed by atoms with E-state index in [1.807, 2.05) is 66.7 Å². The summed E-state index contributed by atoms with van der Waals surface area (Å²) in [5.41, 5.74) is 3.08. The molecule has 10 heteroatoms. The average molecular weight is 606 g/mol. The van der Waals surface area contributed by atoms with Gasteiger partial charge in [-0.05, 0) is 47.0 Å². The number of nitrogens with one attached hydrogen (secondary N) is 1. The van der Waals surface area contributed by atoms with Crippen molar-refractivity contribution in [2.24, 2.45) is 0 Å². The Morgan fingerprint density at radius 1 is 0.841 bits per heavy atom. The Balaban J connectivity index is 1.32. The molecule has 0 aliphatic carbocycles. The molecule has 5 aromatic rings. The fourth-order valence-corrected chi connectivity index (χ4v) is 7.18. The molecule has 1 fully saturated rings. The molecule has 9 nitrogen and oxygen atoms in total. The van der Waals surface area contributed by atoms with Gasteiger partial charge in [-0.25, -0.2) is 8.42 Å². The number of hydrogen-bond donors (Lipinski definition) is 1. The van der Waals surface area contributed by atoms with Crippen molar-refractivity contribution in [1.82, 2.24) is 24.5 Å². The molecule has 1 N–H and O–H groups in total. The molecule has 2 amide bonds. The van der Waals surface area contributed by atoms with Crippen LogP contribution in [-0.2, 0) is 26.2 Å². The standard InChI is InChI=1S/C34H31N5O4S/c40-33(37-23-25-9-7-17-35-22-25)31-24-38(34(41)32(26-10-3-1-4-11-26)27-12-5-2-6-13-27)19-20-39(31)44(42,43)29-15-16-30-28(21-29)14-8-18-36-30/h1-18,21-22,31-32H,19-20,23-24H2,(H,37,40). The molecule has 3 heterocycles. The molecule has 1 saturated heterocycles. The molecule has 3 aromatic carbocycles. The Bertz CT molecular complexity index is 1830. The topological polar surface area (TPSA) is 113 Å². The number of pyridine rings is 2. The van der Waals surface area contributed by atoms with Crippen molar-refractivity contribution < 1.29 is 18.0 Å². The number of piperazine rings is 1. The van der Waals surface area contributed by atoms with Crippen molar-refractivity contribution in [3.8, 4) is 0 Å². The Labute approximate surface area is 256 Å². The average Bonchev–Trinajstić information content (AvgIpc) is 3.08. The summed E-state index contributed by atoms with van der Waals surface area (Å²) >= 11 is 0. The Kier molecular flexibility index (Phi) is 8.44. The predicted molar refractivity (Wildman–Crippen MR) is 167 cm³/mol. The molecular formula is C34H31N5O4S. The second-order valence-corrected chi connectivity index (χ2v) is 12.5. The highest BCUT2D eigenvalue weighted by Gasteiger charge is 2.42. The van der Waals surface area contributed by atoms with E-state index in [-0.39, 0.29) is 37.0 Å². The lowest BCUT2D eigenvalue weighted by molar-refractivity contribution is -0.136. The summed E-state index contributed by atoms with van der Waals surface area (Å²) in [4.78, 5) is 38.0. The third-order valence-corrected chi connectivity index (χ3v) is 9.73. The minimum atomic E-state index is -4.11. The molecule has 1 aliphatic rings. The molecule has 2 aromatic heterocycles. The van der Waals surface area contributed by atoms with Gasteiger partial charge in [0.25, 0.3) is 0 Å². The summed E-state index contributed by atoms with van der Waals surface area (Å²) in [5.74, 6) is -1.29. The molecule has 1 unspecified atom stereocenters. The van der Waals surface area contributed by atoms with Crippen LogP contribution in [0.5, 0.6) is 0 Å². The monoisotopic (exact) mass is 605 g/mol. The molecule has 0 saturated carbocycles. The van der Waals surface area contributed by atoms with E-state index in [1.165, 1.54) is 10.4 Å². The molecular weight excluding hydrogens is 574 g/mol. The van der Waals surface area contributed by atoms with Crippen LogP contribution in [0.3, 0.4) is 0 Å². The van der Waals surface area contributed by atoms with Gasteiger partial charge in [-0.2, -0.15) is 4.31 Å². The highest BCUT2D eigenvalue weighted by molar-refractivity contribution is 7.89. The molecule has 1 atom stereocenters. The van der Waals surface area contributed by atoms with Crippen LogP contribution in [0.15, 0.2) is 127 Å². The number of carbonyl (C=O) groups excluding carboxylic acids is 2. The van der Waals surface area contributed by atoms with Gasteiger partial charge in [0, 0.05) is 50.2 Å². The molecule has 0 radical (unpaired) electrons. The fraction of sp³-hybridized carbons (Fsp3) is 0.176. The number of amides is 2. The smallest absolute Gasteiger partial charge is 0.243 e. The number of benzene rings is 3. The van der Waals surface area contributed by atoms with Crippen molar-refractivity contribution in [2.45, 2.75) is 23.4 Å². The third-order valence-electron chi connectivity index (χ3n) is 7.83. The molecule has 222 valence electrons. The first kappa shape index (κ1) is 29.2. The Morgan fingerprint density at radius 3 is 2.23 bits per heavy atom. The van der Waals surface area contributed by atoms with E-state index < -0.39 is 27.9 Å². The Morgan fingerprint density at radius 2 is 1.55 bits per heavy atom. The summed E-state index contributed by atoms with van der Waals surface area (Å²) in [6.07, 6.45) is 4.92. The maximum absolute atomic E-state index is 14.2. The van der Waals surface area contributed by atoms with Crippen LogP contribution in [0.4, 0.5) is 0 Å². The lowest BCUT2D eigenvalue weighted by Crippen LogP contribution is -2.61. The van der Waals surface area contributed by atoms with Crippen molar-refractivity contribution in [2.75, 3.05) is 19.6 Å². The van der Waals surface area contributed by atoms with Crippen LogP contribution in [0.2, 0.25) is 0 Å². The van der Waals surface area contributed by atoms with E-state index in [0.29, 0.717) is 10.9 Å². The van der Waals surface area contributed by atoms with E-state index in [4.69, 9.17) is 0 Å². The SMILES string of the molecule is O=C(NCc1cccnc1)C1CN(C(=O)C(c2ccccc2)c2ccccc2)CCN1S(=O)(=O)c1ccc2ncccc2c1. The normalized spacial score (nSPS) is 15.8. The van der Waals surface area contributed by atoms with Crippen molar-refractivity contribution in [1.29, 1.82) is 0 Å². The summed E-state index contributed by atoms with van der Waals surface area (Å²) in [5, 5.41) is 3.55. The van der Waals surface area contributed by atoms with Crippen LogP contribution in [0.25, 0.3) is 10.9 Å². The largest absolute Gasteiger partial charge is 0.351 e. The van der Waals surface area contributed by atoms with Crippen LogP contribution in [-0.4, -0.2) is 65.1 Å². The first-order valence-electron chi connectivity index (χ1n) is 14.3. The number of carbonyl (C=O) groups is 2. The lowest BCUT2D eigenvalue weighted by atomic mass is 9.89. The molecule has 0 spiro atoms. The molecule has 44 heavy (non-hydrogen) atoms. The van der Waals surface area contributed by atoms with E-state index >= 15 is 0 Å². The predicted octanol–water partition coefficient (Wildman–Crippen LogP) is 3.98. The minimum Gasteiger partial charge on any atom is -0.351 e. The van der Waals surface area contributed by atoms with Crippen molar-refractivity contribution >= 4 is 32.7 Å². The highest BCUT2D eigenvalue weighted by Crippen LogP contribution is 2.30. The Hall–Kier alpha value is -4.93. The molecule has 6 rings (SSSR count). The van der Waals surface area contributed by atoms with Crippen molar-refractivity contribution in [3.63, 3.8) is 0 Å². The minimum absolute atomic E-state index is 0.0412. The second-order valence-electron chi connectivity index (χ2n) is 10.6. The zero-order chi connectivity index (χ0) is 30.5. The van der Waals surface area contributed by atoms with Gasteiger partial charge in [0.1, 0.15) is 6.04 Å². The maximum atomic E-state index is 14.2. The van der Waals surface area contributed by atoms with Gasteiger partial charge in [-0.3, -0.25) is 19.6 Å². The van der Waals surface area contributed by atoms with Gasteiger partial charge in [0.15, 0.2) is 0 Å². The zero-order valence-corrected chi connectivity index (χ0v) is 24.7. The van der Waals surface area contributed by atoms with Crippen LogP contribution in [0, 0.1) is 0 Å². The van der Waals surface area contributed by atoms with Gasteiger partial charge >= 0.3 is 0 Å². The zero-order valence-electron chi connectivity index (χ0n) is 23.9. The molecule has 1 aliphatic heterocycles. The summed E-state index contributed by atoms with van der Waals surface area (Å²) in [6.45, 7) is 0.168. The number of nitrogens with zero attached hydrogens (tertiary/aromatic N) is 4.